The van der Waals surface area contributed by atoms with Crippen molar-refractivity contribution in [1.82, 2.24) is 0 Å². The fourth-order valence-electron chi connectivity index (χ4n) is 6.23. The van der Waals surface area contributed by atoms with Crippen LogP contribution in [0.3, 0.4) is 0 Å². The van der Waals surface area contributed by atoms with E-state index in [1.807, 2.05) is 0 Å². The zero-order valence-corrected chi connectivity index (χ0v) is 16.9. The molecule has 150 valence electrons. The summed E-state index contributed by atoms with van der Waals surface area (Å²) in [6.45, 7) is 12.8. The van der Waals surface area contributed by atoms with Gasteiger partial charge in [-0.2, -0.15) is 0 Å². The number of hydrogen-bond donors (Lipinski definition) is 0. The van der Waals surface area contributed by atoms with Crippen molar-refractivity contribution in [1.29, 1.82) is 0 Å². The van der Waals surface area contributed by atoms with Crippen LogP contribution in [0.2, 0.25) is 0 Å². The number of hydrogen-bond acceptors (Lipinski definition) is 5. The van der Waals surface area contributed by atoms with Crippen LogP contribution in [0.5, 0.6) is 0 Å². The number of esters is 1. The fourth-order valence-corrected chi connectivity index (χ4v) is 6.23. The van der Waals surface area contributed by atoms with E-state index in [2.05, 4.69) is 27.4 Å². The van der Waals surface area contributed by atoms with E-state index in [4.69, 9.17) is 14.2 Å². The fraction of sp³-hybridized carbons (Fsp3) is 0.818. The van der Waals surface area contributed by atoms with E-state index >= 15 is 0 Å². The molecular weight excluding hydrogens is 344 g/mol. The molecule has 3 heterocycles. The van der Waals surface area contributed by atoms with Crippen molar-refractivity contribution in [3.8, 4) is 0 Å². The number of rotatable bonds is 1. The first kappa shape index (κ1) is 19.1. The summed E-state index contributed by atoms with van der Waals surface area (Å²) in [5.74, 6) is 1.42. The number of ketones is 1. The second-order valence-electron chi connectivity index (χ2n) is 9.53. The second kappa shape index (κ2) is 6.70. The Labute approximate surface area is 161 Å². The molecule has 4 fully saturated rings. The van der Waals surface area contributed by atoms with E-state index in [1.165, 1.54) is 6.92 Å². The lowest BCUT2D eigenvalue weighted by molar-refractivity contribution is -0.160. The first-order chi connectivity index (χ1) is 12.7. The van der Waals surface area contributed by atoms with Crippen molar-refractivity contribution < 1.29 is 23.8 Å². The van der Waals surface area contributed by atoms with E-state index in [1.54, 1.807) is 0 Å². The molecule has 9 atom stereocenters. The quantitative estimate of drug-likeness (QED) is 0.519. The lowest BCUT2D eigenvalue weighted by atomic mass is 9.59. The minimum absolute atomic E-state index is 0.0632. The molecule has 0 aromatic heterocycles. The maximum absolute atomic E-state index is 12.6. The summed E-state index contributed by atoms with van der Waals surface area (Å²) in [5, 5.41) is 0. The summed E-state index contributed by atoms with van der Waals surface area (Å²) in [4.78, 5) is 24.4. The third-order valence-electron chi connectivity index (χ3n) is 7.62. The van der Waals surface area contributed by atoms with Crippen LogP contribution in [-0.2, 0) is 23.8 Å². The molecule has 0 amide bonds. The smallest absolute Gasteiger partial charge is 0.302 e. The Morgan fingerprint density at radius 2 is 2.00 bits per heavy atom. The number of ether oxygens (including phenoxy) is 3. The van der Waals surface area contributed by atoms with Crippen LogP contribution in [0, 0.1) is 29.6 Å². The minimum Gasteiger partial charge on any atom is -0.462 e. The number of Topliss-reactive ketones (excluding diaryl/α,β-unsaturated/α-hetero) is 1. The van der Waals surface area contributed by atoms with E-state index in [0.717, 1.165) is 6.42 Å². The maximum Gasteiger partial charge on any atom is 0.302 e. The van der Waals surface area contributed by atoms with Crippen LogP contribution in [0.1, 0.15) is 53.4 Å². The molecule has 1 aliphatic carbocycles. The Kier molecular flexibility index (Phi) is 4.75. The molecule has 0 N–H and O–H groups in total. The molecule has 5 nitrogen and oxygen atoms in total. The van der Waals surface area contributed by atoms with Crippen molar-refractivity contribution in [3.05, 3.63) is 12.2 Å². The monoisotopic (exact) mass is 376 g/mol. The Balaban J connectivity index is 1.80. The van der Waals surface area contributed by atoms with Crippen molar-refractivity contribution in [2.75, 3.05) is 6.61 Å². The summed E-state index contributed by atoms with van der Waals surface area (Å²) in [6, 6.07) is 0. The van der Waals surface area contributed by atoms with Crippen molar-refractivity contribution >= 4 is 11.8 Å². The van der Waals surface area contributed by atoms with Crippen LogP contribution in [0.25, 0.3) is 0 Å². The van der Waals surface area contributed by atoms with Gasteiger partial charge in [0.25, 0.3) is 0 Å². The Bertz CT molecular complexity index is 657. The van der Waals surface area contributed by atoms with Gasteiger partial charge in [0.15, 0.2) is 5.78 Å². The Hall–Kier alpha value is -1.20. The molecule has 4 rings (SSSR count). The van der Waals surface area contributed by atoms with E-state index < -0.39 is 5.60 Å². The summed E-state index contributed by atoms with van der Waals surface area (Å²) in [5.41, 5.74) is 0.148. The highest BCUT2D eigenvalue weighted by Gasteiger charge is 2.63. The normalized spacial score (nSPS) is 49.6. The highest BCUT2D eigenvalue weighted by molar-refractivity contribution is 5.94. The average Bonchev–Trinajstić information content (AvgIpc) is 2.95. The highest BCUT2D eigenvalue weighted by Crippen LogP contribution is 2.57. The maximum atomic E-state index is 12.6. The molecule has 1 saturated carbocycles. The summed E-state index contributed by atoms with van der Waals surface area (Å²) in [6.07, 6.45) is 2.28. The van der Waals surface area contributed by atoms with Gasteiger partial charge in [-0.05, 0) is 49.0 Å². The average molecular weight is 376 g/mol. The molecule has 0 aromatic carbocycles. The van der Waals surface area contributed by atoms with Gasteiger partial charge in [-0.15, -0.1) is 0 Å². The number of carbonyl (C=O) groups excluding carboxylic acids is 2. The standard InChI is InChI=1S/C22H32O5/c1-11-9-17-19-18-15(8-12(2)20(19)26-14(4)23)13(3)10-25-22(5,21(18)27-17)7-6-16(11)24/h12-13,15,17-21H,1,6-10H2,2-5H3/t12-,13+,15+,17+,18+,19+,20-,21+,22+/m1/s1. The summed E-state index contributed by atoms with van der Waals surface area (Å²) < 4.78 is 18.9. The molecule has 3 saturated heterocycles. The largest absolute Gasteiger partial charge is 0.462 e. The molecule has 0 radical (unpaired) electrons. The third kappa shape index (κ3) is 3.07. The van der Waals surface area contributed by atoms with Gasteiger partial charge in [-0.25, -0.2) is 0 Å². The van der Waals surface area contributed by atoms with E-state index in [0.29, 0.717) is 49.2 Å². The van der Waals surface area contributed by atoms with Gasteiger partial charge in [0.2, 0.25) is 0 Å². The first-order valence-electron chi connectivity index (χ1n) is 10.4. The Morgan fingerprint density at radius 1 is 1.26 bits per heavy atom. The number of fused-ring (bicyclic) bond motifs is 2. The SMILES string of the molecule is C=C1C[C@@H]2O[C@H]3[C@H]4[C@@H](C[C@@H](C)[C@@H](OC(C)=O)[C@H]42)[C@@H](C)CO[C@@]3(C)CCC1=O. The molecule has 0 spiro atoms. The van der Waals surface area contributed by atoms with Gasteiger partial charge in [-0.3, -0.25) is 9.59 Å². The molecule has 2 bridgehead atoms. The molecule has 3 aliphatic heterocycles. The predicted octanol–water partition coefficient (Wildman–Crippen LogP) is 3.31. The molecule has 27 heavy (non-hydrogen) atoms. The van der Waals surface area contributed by atoms with Crippen LogP contribution in [-0.4, -0.2) is 42.3 Å². The van der Waals surface area contributed by atoms with Crippen LogP contribution in [0.15, 0.2) is 12.2 Å². The number of carbonyl (C=O) groups is 2. The Morgan fingerprint density at radius 3 is 2.70 bits per heavy atom. The van der Waals surface area contributed by atoms with Gasteiger partial charge < -0.3 is 14.2 Å². The van der Waals surface area contributed by atoms with Gasteiger partial charge in [-0.1, -0.05) is 20.4 Å². The third-order valence-corrected chi connectivity index (χ3v) is 7.62. The van der Waals surface area contributed by atoms with Gasteiger partial charge >= 0.3 is 5.97 Å². The van der Waals surface area contributed by atoms with Crippen molar-refractivity contribution in [2.24, 2.45) is 29.6 Å². The van der Waals surface area contributed by atoms with Crippen LogP contribution in [0.4, 0.5) is 0 Å². The summed E-state index contributed by atoms with van der Waals surface area (Å²) in [7, 11) is 0. The lowest BCUT2D eigenvalue weighted by Gasteiger charge is -2.46. The zero-order valence-electron chi connectivity index (χ0n) is 16.9. The minimum atomic E-state index is -0.484. The van der Waals surface area contributed by atoms with Crippen molar-refractivity contribution in [3.63, 3.8) is 0 Å². The predicted molar refractivity (Wildman–Crippen MR) is 100.0 cm³/mol. The molecule has 4 aliphatic rings. The lowest BCUT2D eigenvalue weighted by Crippen LogP contribution is -2.52. The highest BCUT2D eigenvalue weighted by atomic mass is 16.6. The van der Waals surface area contributed by atoms with E-state index in [-0.39, 0.29) is 41.9 Å². The van der Waals surface area contributed by atoms with Crippen molar-refractivity contribution in [2.45, 2.75) is 77.3 Å². The van der Waals surface area contributed by atoms with Gasteiger partial charge in [0.05, 0.1) is 24.4 Å². The van der Waals surface area contributed by atoms with E-state index in [9.17, 15) is 9.59 Å². The van der Waals surface area contributed by atoms with Crippen LogP contribution >= 0.6 is 0 Å². The van der Waals surface area contributed by atoms with Crippen LogP contribution < -0.4 is 0 Å². The van der Waals surface area contributed by atoms with Gasteiger partial charge in [0, 0.05) is 25.7 Å². The topological polar surface area (TPSA) is 61.8 Å². The molecular formula is C22H32O5. The zero-order chi connectivity index (χ0) is 19.5. The first-order valence-corrected chi connectivity index (χ1v) is 10.4. The second-order valence-corrected chi connectivity index (χ2v) is 9.53. The van der Waals surface area contributed by atoms with Gasteiger partial charge in [0.1, 0.15) is 6.10 Å². The molecule has 0 aromatic rings. The summed E-state index contributed by atoms with van der Waals surface area (Å²) >= 11 is 0. The molecule has 5 heteroatoms. The molecule has 0 unspecified atom stereocenters.